The van der Waals surface area contributed by atoms with E-state index in [0.717, 1.165) is 29.2 Å². The molecule has 0 spiro atoms. The summed E-state index contributed by atoms with van der Waals surface area (Å²) in [4.78, 5) is 4.71. The smallest absolute Gasteiger partial charge is 0.126 e. The lowest BCUT2D eigenvalue weighted by Gasteiger charge is -2.11. The van der Waals surface area contributed by atoms with Crippen LogP contribution in [-0.2, 0) is 6.54 Å². The van der Waals surface area contributed by atoms with E-state index >= 15 is 0 Å². The number of ether oxygens (including phenoxy) is 1. The predicted octanol–water partition coefficient (Wildman–Crippen LogP) is 3.50. The Balaban J connectivity index is 2.08. The number of benzene rings is 2. The number of rotatable bonds is 5. The highest BCUT2D eigenvalue weighted by Crippen LogP contribution is 2.25. The summed E-state index contributed by atoms with van der Waals surface area (Å²) in [6, 6.07) is 16.3. The molecule has 0 aliphatic carbocycles. The lowest BCUT2D eigenvalue weighted by atomic mass is 10.2. The summed E-state index contributed by atoms with van der Waals surface area (Å²) in [6.07, 6.45) is 0. The summed E-state index contributed by atoms with van der Waals surface area (Å²) < 4.78 is 7.75. The van der Waals surface area contributed by atoms with Crippen molar-refractivity contribution < 1.29 is 4.74 Å². The average molecular weight is 295 g/mol. The first-order valence-electron chi connectivity index (χ1n) is 7.61. The highest BCUT2D eigenvalue weighted by Gasteiger charge is 2.14. The number of hydrogen-bond acceptors (Lipinski definition) is 3. The second kappa shape index (κ2) is 6.20. The molecule has 0 aliphatic heterocycles. The topological polar surface area (TPSA) is 53.1 Å². The Kier molecular flexibility index (Phi) is 4.11. The van der Waals surface area contributed by atoms with Crippen LogP contribution in [0.15, 0.2) is 48.5 Å². The van der Waals surface area contributed by atoms with Crippen molar-refractivity contribution >= 4 is 11.0 Å². The summed E-state index contributed by atoms with van der Waals surface area (Å²) in [5, 5.41) is 0. The zero-order valence-electron chi connectivity index (χ0n) is 13.0. The van der Waals surface area contributed by atoms with Gasteiger partial charge in [0.05, 0.1) is 23.7 Å². The van der Waals surface area contributed by atoms with Gasteiger partial charge in [-0.05, 0) is 31.5 Å². The minimum Gasteiger partial charge on any atom is -0.494 e. The van der Waals surface area contributed by atoms with Crippen LogP contribution < -0.4 is 10.5 Å². The maximum atomic E-state index is 6.11. The van der Waals surface area contributed by atoms with Crippen molar-refractivity contribution in [2.45, 2.75) is 26.4 Å². The van der Waals surface area contributed by atoms with Crippen molar-refractivity contribution in [3.63, 3.8) is 0 Å². The van der Waals surface area contributed by atoms with Gasteiger partial charge in [-0.2, -0.15) is 0 Å². The molecule has 3 rings (SSSR count). The maximum absolute atomic E-state index is 6.11. The summed E-state index contributed by atoms with van der Waals surface area (Å²) >= 11 is 0. The molecule has 1 atom stereocenters. The average Bonchev–Trinajstić information content (AvgIpc) is 2.87. The van der Waals surface area contributed by atoms with Crippen molar-refractivity contribution in [1.82, 2.24) is 9.55 Å². The van der Waals surface area contributed by atoms with E-state index in [1.54, 1.807) is 0 Å². The maximum Gasteiger partial charge on any atom is 0.126 e. The molecule has 3 aromatic rings. The monoisotopic (exact) mass is 295 g/mol. The molecule has 2 N–H and O–H groups in total. The molecule has 0 saturated carbocycles. The summed E-state index contributed by atoms with van der Waals surface area (Å²) in [7, 11) is 0. The molecule has 0 aliphatic rings. The molecule has 4 heteroatoms. The fraction of sp³-hybridized carbons (Fsp3) is 0.278. The molecule has 1 aromatic heterocycles. The molecule has 1 heterocycles. The summed E-state index contributed by atoms with van der Waals surface area (Å²) in [5.74, 6) is 1.74. The van der Waals surface area contributed by atoms with Crippen LogP contribution in [-0.4, -0.2) is 16.2 Å². The van der Waals surface area contributed by atoms with Gasteiger partial charge in [-0.1, -0.05) is 30.3 Å². The lowest BCUT2D eigenvalue weighted by molar-refractivity contribution is 0.340. The van der Waals surface area contributed by atoms with Crippen molar-refractivity contribution in [2.24, 2.45) is 5.73 Å². The number of hydrogen-bond donors (Lipinski definition) is 1. The molecule has 0 saturated heterocycles. The van der Waals surface area contributed by atoms with Crippen LogP contribution in [0.3, 0.4) is 0 Å². The minimum absolute atomic E-state index is 0.119. The van der Waals surface area contributed by atoms with Crippen LogP contribution in [0.5, 0.6) is 5.75 Å². The Labute approximate surface area is 130 Å². The van der Waals surface area contributed by atoms with Gasteiger partial charge >= 0.3 is 0 Å². The van der Waals surface area contributed by atoms with Crippen LogP contribution >= 0.6 is 0 Å². The number of nitrogens with two attached hydrogens (primary N) is 1. The largest absolute Gasteiger partial charge is 0.494 e. The number of imidazole rings is 1. The van der Waals surface area contributed by atoms with Crippen molar-refractivity contribution in [1.29, 1.82) is 0 Å². The van der Waals surface area contributed by atoms with Crippen molar-refractivity contribution in [2.75, 3.05) is 6.61 Å². The Bertz CT molecular complexity index is 763. The van der Waals surface area contributed by atoms with Crippen LogP contribution in [0.1, 0.15) is 31.3 Å². The van der Waals surface area contributed by atoms with E-state index in [2.05, 4.69) is 22.8 Å². The molecule has 0 fully saturated rings. The van der Waals surface area contributed by atoms with Gasteiger partial charge in [0, 0.05) is 12.6 Å². The molecular formula is C18H21N3O. The third-order valence-corrected chi connectivity index (χ3v) is 3.65. The van der Waals surface area contributed by atoms with E-state index in [1.807, 2.05) is 44.2 Å². The Morgan fingerprint density at radius 1 is 1.18 bits per heavy atom. The summed E-state index contributed by atoms with van der Waals surface area (Å²) in [5.41, 5.74) is 9.36. The van der Waals surface area contributed by atoms with Gasteiger partial charge in [-0.25, -0.2) is 4.98 Å². The van der Waals surface area contributed by atoms with Gasteiger partial charge in [0.2, 0.25) is 0 Å². The van der Waals surface area contributed by atoms with Crippen LogP contribution in [0.2, 0.25) is 0 Å². The van der Waals surface area contributed by atoms with Crippen LogP contribution in [0.4, 0.5) is 0 Å². The van der Waals surface area contributed by atoms with Crippen LogP contribution in [0.25, 0.3) is 11.0 Å². The van der Waals surface area contributed by atoms with Gasteiger partial charge in [0.1, 0.15) is 11.6 Å². The normalized spacial score (nSPS) is 12.5. The third-order valence-electron chi connectivity index (χ3n) is 3.65. The summed E-state index contributed by atoms with van der Waals surface area (Å²) in [6.45, 7) is 5.36. The second-order valence-corrected chi connectivity index (χ2v) is 5.41. The minimum atomic E-state index is -0.119. The number of fused-ring (bicyclic) bond motifs is 1. The molecule has 0 bridgehead atoms. The van der Waals surface area contributed by atoms with Crippen molar-refractivity contribution in [3.8, 4) is 5.75 Å². The van der Waals surface area contributed by atoms with Crippen molar-refractivity contribution in [3.05, 3.63) is 59.9 Å². The quantitative estimate of drug-likeness (QED) is 0.783. The van der Waals surface area contributed by atoms with E-state index < -0.39 is 0 Å². The van der Waals surface area contributed by atoms with Gasteiger partial charge in [0.15, 0.2) is 0 Å². The molecule has 1 unspecified atom stereocenters. The molecule has 4 nitrogen and oxygen atoms in total. The van der Waals surface area contributed by atoms with Gasteiger partial charge in [-0.3, -0.25) is 0 Å². The van der Waals surface area contributed by atoms with Gasteiger partial charge < -0.3 is 15.0 Å². The molecular weight excluding hydrogens is 274 g/mol. The second-order valence-electron chi connectivity index (χ2n) is 5.41. The van der Waals surface area contributed by atoms with E-state index in [1.165, 1.54) is 5.56 Å². The zero-order chi connectivity index (χ0) is 15.5. The standard InChI is InChI=1S/C18H21N3O/c1-3-22-15-9-10-17-16(11-15)20-18(13(2)19)21(17)12-14-7-5-4-6-8-14/h4-11,13H,3,12,19H2,1-2H3. The Morgan fingerprint density at radius 3 is 2.64 bits per heavy atom. The lowest BCUT2D eigenvalue weighted by Crippen LogP contribution is -2.14. The highest BCUT2D eigenvalue weighted by molar-refractivity contribution is 5.78. The van der Waals surface area contributed by atoms with E-state index in [4.69, 9.17) is 15.5 Å². The Hall–Kier alpha value is -2.33. The number of aromatic nitrogens is 2. The van der Waals surface area contributed by atoms with Crippen LogP contribution in [0, 0.1) is 0 Å². The fourth-order valence-corrected chi connectivity index (χ4v) is 2.66. The first kappa shape index (κ1) is 14.6. The van der Waals surface area contributed by atoms with E-state index in [-0.39, 0.29) is 6.04 Å². The fourth-order valence-electron chi connectivity index (χ4n) is 2.66. The Morgan fingerprint density at radius 2 is 1.95 bits per heavy atom. The first-order valence-corrected chi connectivity index (χ1v) is 7.61. The van der Waals surface area contributed by atoms with E-state index in [9.17, 15) is 0 Å². The zero-order valence-corrected chi connectivity index (χ0v) is 13.0. The predicted molar refractivity (Wildman–Crippen MR) is 89.0 cm³/mol. The van der Waals surface area contributed by atoms with E-state index in [0.29, 0.717) is 6.61 Å². The first-order chi connectivity index (χ1) is 10.7. The number of nitrogens with zero attached hydrogens (tertiary/aromatic N) is 2. The molecule has 0 amide bonds. The molecule has 0 radical (unpaired) electrons. The third kappa shape index (κ3) is 2.83. The van der Waals surface area contributed by atoms with Gasteiger partial charge in [-0.15, -0.1) is 0 Å². The molecule has 2 aromatic carbocycles. The highest BCUT2D eigenvalue weighted by atomic mass is 16.5. The SMILES string of the molecule is CCOc1ccc2c(c1)nc(C(C)N)n2Cc1ccccc1. The van der Waals surface area contributed by atoms with Gasteiger partial charge in [0.25, 0.3) is 0 Å². The molecule has 22 heavy (non-hydrogen) atoms. The molecule has 114 valence electrons.